The van der Waals surface area contributed by atoms with Crippen molar-refractivity contribution >= 4 is 44.1 Å². The van der Waals surface area contributed by atoms with Crippen molar-refractivity contribution in [3.8, 4) is 0 Å². The van der Waals surface area contributed by atoms with E-state index in [4.69, 9.17) is 4.74 Å². The Labute approximate surface area is 142 Å². The van der Waals surface area contributed by atoms with Crippen LogP contribution in [0, 0.1) is 0 Å². The number of carbonyl (C=O) groups excluding carboxylic acids is 2. The highest BCUT2D eigenvalue weighted by molar-refractivity contribution is 7.93. The summed E-state index contributed by atoms with van der Waals surface area (Å²) in [6.07, 6.45) is 0. The minimum absolute atomic E-state index is 0.0236. The summed E-state index contributed by atoms with van der Waals surface area (Å²) in [5.74, 6) is -0.927. The molecule has 0 aliphatic carbocycles. The molecule has 0 aliphatic heterocycles. The molecule has 0 saturated carbocycles. The largest absolute Gasteiger partial charge is 0.461 e. The van der Waals surface area contributed by atoms with Crippen LogP contribution in [0.3, 0.4) is 0 Å². The summed E-state index contributed by atoms with van der Waals surface area (Å²) in [4.78, 5) is 22.4. The highest BCUT2D eigenvalue weighted by atomic mass is 32.2. The van der Waals surface area contributed by atoms with Gasteiger partial charge in [0.2, 0.25) is 16.0 Å². The van der Waals surface area contributed by atoms with Crippen molar-refractivity contribution in [3.05, 3.63) is 29.3 Å². The number of carbonyl (C=O) groups is 2. The molecular weight excluding hydrogens is 356 g/mol. The Hall–Kier alpha value is -2.53. The molecule has 11 heteroatoms. The van der Waals surface area contributed by atoms with E-state index in [1.54, 1.807) is 6.92 Å². The van der Waals surface area contributed by atoms with Crippen molar-refractivity contribution in [2.45, 2.75) is 18.7 Å². The summed E-state index contributed by atoms with van der Waals surface area (Å²) in [6.45, 7) is 3.18. The fourth-order valence-electron chi connectivity index (χ4n) is 1.63. The number of nitrogens with one attached hydrogen (secondary N) is 2. The predicted molar refractivity (Wildman–Crippen MR) is 87.4 cm³/mol. The van der Waals surface area contributed by atoms with Crippen LogP contribution in [0.5, 0.6) is 0 Å². The zero-order valence-corrected chi connectivity index (χ0v) is 14.4. The van der Waals surface area contributed by atoms with Crippen LogP contribution in [0.2, 0.25) is 0 Å². The molecule has 2 rings (SSSR count). The number of ether oxygens (including phenoxy) is 1. The molecular formula is C13H14N4O5S2. The molecule has 0 spiro atoms. The van der Waals surface area contributed by atoms with Crippen molar-refractivity contribution in [3.63, 3.8) is 0 Å². The molecule has 1 aromatic heterocycles. The number of benzene rings is 1. The highest BCUT2D eigenvalue weighted by Gasteiger charge is 2.19. The standard InChI is InChI=1S/C13H14N4O5S2/c1-3-22-12(19)11-15-16-13(23-11)17-24(20,21)10-6-4-9(5-7-10)14-8(2)18/h4-7H,3H2,1-2H3,(H,14,18)(H,16,17). The molecule has 24 heavy (non-hydrogen) atoms. The lowest BCUT2D eigenvalue weighted by Gasteiger charge is -2.06. The van der Waals surface area contributed by atoms with Crippen molar-refractivity contribution < 1.29 is 22.7 Å². The predicted octanol–water partition coefficient (Wildman–Crippen LogP) is 1.47. The Morgan fingerprint density at radius 3 is 2.46 bits per heavy atom. The summed E-state index contributed by atoms with van der Waals surface area (Å²) in [6, 6.07) is 5.59. The molecule has 1 amide bonds. The second kappa shape index (κ2) is 7.36. The average molecular weight is 370 g/mol. The number of hydrogen-bond acceptors (Lipinski definition) is 8. The number of anilines is 2. The maximum Gasteiger partial charge on any atom is 0.369 e. The van der Waals surface area contributed by atoms with Gasteiger partial charge in [0.05, 0.1) is 11.5 Å². The topological polar surface area (TPSA) is 127 Å². The highest BCUT2D eigenvalue weighted by Crippen LogP contribution is 2.21. The van der Waals surface area contributed by atoms with Crippen LogP contribution in [0.4, 0.5) is 10.8 Å². The summed E-state index contributed by atoms with van der Waals surface area (Å²) < 4.78 is 31.5. The lowest BCUT2D eigenvalue weighted by Crippen LogP contribution is -2.13. The number of nitrogens with zero attached hydrogens (tertiary/aromatic N) is 2. The van der Waals surface area contributed by atoms with Gasteiger partial charge in [-0.25, -0.2) is 13.2 Å². The third-order valence-corrected chi connectivity index (χ3v) is 4.88. The second-order valence-electron chi connectivity index (χ2n) is 4.44. The van der Waals surface area contributed by atoms with E-state index in [-0.39, 0.29) is 27.5 Å². The van der Waals surface area contributed by atoms with Gasteiger partial charge in [0.1, 0.15) is 0 Å². The molecule has 128 valence electrons. The molecule has 0 radical (unpaired) electrons. The number of aromatic nitrogens is 2. The van der Waals surface area contributed by atoms with E-state index < -0.39 is 16.0 Å². The Morgan fingerprint density at radius 1 is 1.21 bits per heavy atom. The minimum atomic E-state index is -3.89. The van der Waals surface area contributed by atoms with Crippen LogP contribution in [0.1, 0.15) is 23.6 Å². The summed E-state index contributed by atoms with van der Waals surface area (Å²) in [5, 5.41) is 9.62. The number of esters is 1. The lowest BCUT2D eigenvalue weighted by atomic mass is 10.3. The average Bonchev–Trinajstić information content (AvgIpc) is 2.95. The number of hydrogen-bond donors (Lipinski definition) is 2. The number of amides is 1. The Kier molecular flexibility index (Phi) is 5.46. The summed E-state index contributed by atoms with van der Waals surface area (Å²) >= 11 is 0.770. The van der Waals surface area contributed by atoms with Gasteiger partial charge in [0.15, 0.2) is 0 Å². The molecule has 2 aromatic rings. The van der Waals surface area contributed by atoms with E-state index in [1.807, 2.05) is 0 Å². The SMILES string of the molecule is CCOC(=O)c1nnc(NS(=O)(=O)c2ccc(NC(C)=O)cc2)s1. The van der Waals surface area contributed by atoms with Gasteiger partial charge in [-0.2, -0.15) is 0 Å². The molecule has 0 saturated heterocycles. The van der Waals surface area contributed by atoms with Crippen LogP contribution in [-0.4, -0.2) is 37.1 Å². The molecule has 0 bridgehead atoms. The van der Waals surface area contributed by atoms with Crippen LogP contribution in [-0.2, 0) is 19.6 Å². The summed E-state index contributed by atoms with van der Waals surface area (Å²) in [5.41, 5.74) is 0.474. The molecule has 2 N–H and O–H groups in total. The zero-order valence-electron chi connectivity index (χ0n) is 12.8. The first-order valence-corrected chi connectivity index (χ1v) is 9.03. The van der Waals surface area contributed by atoms with Crippen molar-refractivity contribution in [2.75, 3.05) is 16.6 Å². The third-order valence-electron chi connectivity index (χ3n) is 2.58. The normalized spacial score (nSPS) is 10.9. The quantitative estimate of drug-likeness (QED) is 0.737. The first-order chi connectivity index (χ1) is 11.3. The van der Waals surface area contributed by atoms with E-state index in [0.29, 0.717) is 5.69 Å². The Morgan fingerprint density at radius 2 is 1.88 bits per heavy atom. The van der Waals surface area contributed by atoms with Crippen LogP contribution < -0.4 is 10.0 Å². The maximum absolute atomic E-state index is 12.3. The van der Waals surface area contributed by atoms with Gasteiger partial charge < -0.3 is 10.1 Å². The van der Waals surface area contributed by atoms with Gasteiger partial charge in [-0.3, -0.25) is 9.52 Å². The fourth-order valence-corrected chi connectivity index (χ4v) is 3.50. The van der Waals surface area contributed by atoms with Gasteiger partial charge in [0, 0.05) is 12.6 Å². The third kappa shape index (κ3) is 4.49. The Balaban J connectivity index is 2.13. The van der Waals surface area contributed by atoms with Crippen molar-refractivity contribution in [1.82, 2.24) is 10.2 Å². The van der Waals surface area contributed by atoms with E-state index >= 15 is 0 Å². The Bertz CT molecular complexity index is 846. The number of sulfonamides is 1. The fraction of sp³-hybridized carbons (Fsp3) is 0.231. The van der Waals surface area contributed by atoms with E-state index in [2.05, 4.69) is 20.2 Å². The van der Waals surface area contributed by atoms with Crippen LogP contribution in [0.25, 0.3) is 0 Å². The zero-order chi connectivity index (χ0) is 17.7. The first-order valence-electron chi connectivity index (χ1n) is 6.73. The van der Waals surface area contributed by atoms with Crippen molar-refractivity contribution in [1.29, 1.82) is 0 Å². The van der Waals surface area contributed by atoms with Crippen molar-refractivity contribution in [2.24, 2.45) is 0 Å². The molecule has 1 heterocycles. The van der Waals surface area contributed by atoms with Crippen LogP contribution >= 0.6 is 11.3 Å². The van der Waals surface area contributed by atoms with Gasteiger partial charge in [-0.15, -0.1) is 10.2 Å². The van der Waals surface area contributed by atoms with E-state index in [9.17, 15) is 18.0 Å². The van der Waals surface area contributed by atoms with E-state index in [1.165, 1.54) is 31.2 Å². The molecule has 9 nitrogen and oxygen atoms in total. The van der Waals surface area contributed by atoms with Gasteiger partial charge >= 0.3 is 5.97 Å². The lowest BCUT2D eigenvalue weighted by molar-refractivity contribution is -0.114. The molecule has 1 aromatic carbocycles. The first kappa shape index (κ1) is 17.8. The second-order valence-corrected chi connectivity index (χ2v) is 7.10. The monoisotopic (exact) mass is 370 g/mol. The molecule has 0 unspecified atom stereocenters. The molecule has 0 fully saturated rings. The molecule has 0 atom stereocenters. The summed E-state index contributed by atoms with van der Waals surface area (Å²) in [7, 11) is -3.89. The van der Waals surface area contributed by atoms with Gasteiger partial charge in [0.25, 0.3) is 10.0 Å². The molecule has 0 aliphatic rings. The van der Waals surface area contributed by atoms with Gasteiger partial charge in [-0.05, 0) is 31.2 Å². The number of rotatable bonds is 6. The smallest absolute Gasteiger partial charge is 0.369 e. The van der Waals surface area contributed by atoms with Crippen LogP contribution in [0.15, 0.2) is 29.2 Å². The van der Waals surface area contributed by atoms with E-state index in [0.717, 1.165) is 11.3 Å². The van der Waals surface area contributed by atoms with Gasteiger partial charge in [-0.1, -0.05) is 11.3 Å². The maximum atomic E-state index is 12.3. The minimum Gasteiger partial charge on any atom is -0.461 e.